The van der Waals surface area contributed by atoms with Gasteiger partial charge in [0.25, 0.3) is 0 Å². The van der Waals surface area contributed by atoms with Crippen molar-refractivity contribution in [2.75, 3.05) is 29.9 Å². The highest BCUT2D eigenvalue weighted by Gasteiger charge is 2.04. The lowest BCUT2D eigenvalue weighted by molar-refractivity contribution is 0.726. The molecule has 0 aliphatic rings. The van der Waals surface area contributed by atoms with Crippen LogP contribution in [0.15, 0.2) is 54.6 Å². The fraction of sp³-hybridized carbons (Fsp3) is 0.316. The van der Waals surface area contributed by atoms with Crippen molar-refractivity contribution in [3.05, 3.63) is 60.2 Å². The summed E-state index contributed by atoms with van der Waals surface area (Å²) >= 11 is 5.32. The zero-order valence-corrected chi connectivity index (χ0v) is 14.7. The SMILES string of the molecule is CCN(CCCNC(=S)Nc1ccccc1)c1ccc(C)cc1. The van der Waals surface area contributed by atoms with Gasteiger partial charge in [0.1, 0.15) is 0 Å². The summed E-state index contributed by atoms with van der Waals surface area (Å²) in [6, 6.07) is 18.7. The second kappa shape index (κ2) is 9.16. The molecule has 2 aromatic carbocycles. The molecule has 0 fully saturated rings. The standard InChI is InChI=1S/C19H25N3S/c1-3-22(18-12-10-16(2)11-13-18)15-7-14-20-19(23)21-17-8-5-4-6-9-17/h4-6,8-13H,3,7,14-15H2,1-2H3,(H2,20,21,23). The topological polar surface area (TPSA) is 27.3 Å². The van der Waals surface area contributed by atoms with Gasteiger partial charge in [0, 0.05) is 31.0 Å². The first-order valence-electron chi connectivity index (χ1n) is 8.10. The maximum Gasteiger partial charge on any atom is 0.170 e. The minimum Gasteiger partial charge on any atom is -0.372 e. The fourth-order valence-electron chi connectivity index (χ4n) is 2.39. The van der Waals surface area contributed by atoms with Gasteiger partial charge in [-0.1, -0.05) is 35.9 Å². The Bertz CT molecular complexity index is 596. The van der Waals surface area contributed by atoms with Crippen LogP contribution in [-0.4, -0.2) is 24.7 Å². The van der Waals surface area contributed by atoms with E-state index in [1.165, 1.54) is 11.3 Å². The lowest BCUT2D eigenvalue weighted by Gasteiger charge is -2.23. The molecule has 0 saturated heterocycles. The molecule has 0 heterocycles. The van der Waals surface area contributed by atoms with Gasteiger partial charge in [0.15, 0.2) is 5.11 Å². The fourth-order valence-corrected chi connectivity index (χ4v) is 2.61. The molecule has 0 spiro atoms. The van der Waals surface area contributed by atoms with E-state index in [2.05, 4.69) is 53.6 Å². The number of aryl methyl sites for hydroxylation is 1. The maximum absolute atomic E-state index is 5.32. The van der Waals surface area contributed by atoms with Crippen LogP contribution in [0.5, 0.6) is 0 Å². The third-order valence-corrected chi connectivity index (χ3v) is 3.95. The van der Waals surface area contributed by atoms with E-state index < -0.39 is 0 Å². The van der Waals surface area contributed by atoms with Crippen LogP contribution in [0.4, 0.5) is 11.4 Å². The summed E-state index contributed by atoms with van der Waals surface area (Å²) in [4.78, 5) is 2.38. The number of thiocarbonyl (C=S) groups is 1. The Kier molecular flexibility index (Phi) is 6.88. The Hall–Kier alpha value is -2.07. The molecule has 0 bridgehead atoms. The molecule has 0 aromatic heterocycles. The molecule has 0 aliphatic heterocycles. The van der Waals surface area contributed by atoms with E-state index in [9.17, 15) is 0 Å². The molecule has 0 atom stereocenters. The van der Waals surface area contributed by atoms with E-state index in [-0.39, 0.29) is 0 Å². The van der Waals surface area contributed by atoms with E-state index in [0.717, 1.165) is 31.7 Å². The smallest absolute Gasteiger partial charge is 0.170 e. The summed E-state index contributed by atoms with van der Waals surface area (Å²) in [5.41, 5.74) is 3.59. The average molecular weight is 327 g/mol. The molecule has 2 rings (SSSR count). The molecule has 0 unspecified atom stereocenters. The predicted octanol–water partition coefficient (Wildman–Crippen LogP) is 4.20. The van der Waals surface area contributed by atoms with Crippen molar-refractivity contribution in [2.24, 2.45) is 0 Å². The number of para-hydroxylation sites is 1. The highest BCUT2D eigenvalue weighted by Crippen LogP contribution is 2.14. The quantitative estimate of drug-likeness (QED) is 0.589. The first-order chi connectivity index (χ1) is 11.2. The van der Waals surface area contributed by atoms with Gasteiger partial charge >= 0.3 is 0 Å². The van der Waals surface area contributed by atoms with Crippen molar-refractivity contribution in [3.63, 3.8) is 0 Å². The van der Waals surface area contributed by atoms with Gasteiger partial charge in [0.2, 0.25) is 0 Å². The molecule has 0 radical (unpaired) electrons. The number of hydrogen-bond acceptors (Lipinski definition) is 2. The van der Waals surface area contributed by atoms with E-state index >= 15 is 0 Å². The minimum absolute atomic E-state index is 0.676. The molecule has 3 nitrogen and oxygen atoms in total. The Balaban J connectivity index is 1.71. The average Bonchev–Trinajstić information content (AvgIpc) is 2.57. The number of nitrogens with zero attached hydrogens (tertiary/aromatic N) is 1. The van der Waals surface area contributed by atoms with Crippen LogP contribution in [0, 0.1) is 6.92 Å². The monoisotopic (exact) mass is 327 g/mol. The van der Waals surface area contributed by atoms with Crippen LogP contribution in [-0.2, 0) is 0 Å². The van der Waals surface area contributed by atoms with Crippen LogP contribution in [0.2, 0.25) is 0 Å². The molecule has 2 N–H and O–H groups in total. The predicted molar refractivity (Wildman–Crippen MR) is 104 cm³/mol. The van der Waals surface area contributed by atoms with Gasteiger partial charge in [-0.05, 0) is 56.8 Å². The largest absolute Gasteiger partial charge is 0.372 e. The highest BCUT2D eigenvalue weighted by molar-refractivity contribution is 7.80. The van der Waals surface area contributed by atoms with Crippen LogP contribution in [0.3, 0.4) is 0 Å². The third kappa shape index (κ3) is 5.91. The van der Waals surface area contributed by atoms with E-state index in [4.69, 9.17) is 12.2 Å². The van der Waals surface area contributed by atoms with Gasteiger partial charge < -0.3 is 15.5 Å². The summed E-state index contributed by atoms with van der Waals surface area (Å²) in [6.45, 7) is 7.19. The van der Waals surface area contributed by atoms with Gasteiger partial charge in [-0.3, -0.25) is 0 Å². The van der Waals surface area contributed by atoms with E-state index in [1.807, 2.05) is 30.3 Å². The van der Waals surface area contributed by atoms with Crippen LogP contribution in [0.1, 0.15) is 18.9 Å². The first-order valence-corrected chi connectivity index (χ1v) is 8.51. The number of nitrogens with one attached hydrogen (secondary N) is 2. The van der Waals surface area contributed by atoms with Gasteiger partial charge in [-0.15, -0.1) is 0 Å². The van der Waals surface area contributed by atoms with Crippen molar-refractivity contribution in [1.82, 2.24) is 5.32 Å². The van der Waals surface area contributed by atoms with Crippen molar-refractivity contribution in [1.29, 1.82) is 0 Å². The molecule has 2 aromatic rings. The summed E-state index contributed by atoms with van der Waals surface area (Å²) in [5, 5.41) is 7.13. The van der Waals surface area contributed by atoms with E-state index in [1.54, 1.807) is 0 Å². The summed E-state index contributed by atoms with van der Waals surface area (Å²) in [7, 11) is 0. The van der Waals surface area contributed by atoms with E-state index in [0.29, 0.717) is 5.11 Å². The lowest BCUT2D eigenvalue weighted by atomic mass is 10.2. The highest BCUT2D eigenvalue weighted by atomic mass is 32.1. The number of rotatable bonds is 7. The molecule has 122 valence electrons. The Morgan fingerprint density at radius 3 is 2.39 bits per heavy atom. The van der Waals surface area contributed by atoms with Crippen molar-refractivity contribution in [2.45, 2.75) is 20.3 Å². The van der Waals surface area contributed by atoms with Crippen LogP contribution < -0.4 is 15.5 Å². The molecule has 0 saturated carbocycles. The summed E-state index contributed by atoms with van der Waals surface area (Å²) in [6.07, 6.45) is 1.04. The summed E-state index contributed by atoms with van der Waals surface area (Å²) < 4.78 is 0. The van der Waals surface area contributed by atoms with Gasteiger partial charge in [-0.25, -0.2) is 0 Å². The van der Waals surface area contributed by atoms with Gasteiger partial charge in [0.05, 0.1) is 0 Å². The maximum atomic E-state index is 5.32. The number of hydrogen-bond donors (Lipinski definition) is 2. The first kappa shape index (κ1) is 17.3. The second-order valence-electron chi connectivity index (χ2n) is 5.52. The zero-order valence-electron chi connectivity index (χ0n) is 13.9. The molecular weight excluding hydrogens is 302 g/mol. The van der Waals surface area contributed by atoms with Gasteiger partial charge in [-0.2, -0.15) is 0 Å². The number of anilines is 2. The molecule has 4 heteroatoms. The zero-order chi connectivity index (χ0) is 16.5. The number of benzene rings is 2. The molecule has 23 heavy (non-hydrogen) atoms. The third-order valence-electron chi connectivity index (χ3n) is 3.70. The molecule has 0 aliphatic carbocycles. The van der Waals surface area contributed by atoms with Crippen LogP contribution in [0.25, 0.3) is 0 Å². The van der Waals surface area contributed by atoms with Crippen molar-refractivity contribution >= 4 is 28.7 Å². The Morgan fingerprint density at radius 1 is 1.04 bits per heavy atom. The normalized spacial score (nSPS) is 10.2. The summed E-state index contributed by atoms with van der Waals surface area (Å²) in [5.74, 6) is 0. The molecular formula is C19H25N3S. The minimum atomic E-state index is 0.676. The Labute approximate surface area is 144 Å². The van der Waals surface area contributed by atoms with Crippen LogP contribution >= 0.6 is 12.2 Å². The molecule has 0 amide bonds. The van der Waals surface area contributed by atoms with Crippen molar-refractivity contribution in [3.8, 4) is 0 Å². The van der Waals surface area contributed by atoms with Crippen molar-refractivity contribution < 1.29 is 0 Å². The second-order valence-corrected chi connectivity index (χ2v) is 5.92. The Morgan fingerprint density at radius 2 is 1.74 bits per heavy atom. The lowest BCUT2D eigenvalue weighted by Crippen LogP contribution is -2.32.